The zero-order valence-corrected chi connectivity index (χ0v) is 11.3. The maximum absolute atomic E-state index is 3.54. The van der Waals surface area contributed by atoms with Crippen molar-refractivity contribution in [1.29, 1.82) is 0 Å². The predicted octanol–water partition coefficient (Wildman–Crippen LogP) is 2.64. The van der Waals surface area contributed by atoms with E-state index in [2.05, 4.69) is 31.0 Å². The average molecular weight is 224 g/mol. The average Bonchev–Trinajstić information content (AvgIpc) is 2.39. The molecule has 1 saturated heterocycles. The van der Waals surface area contributed by atoms with Crippen molar-refractivity contribution in [3.8, 4) is 0 Å². The Labute approximate surface area is 101 Å². The molecule has 0 spiro atoms. The van der Waals surface area contributed by atoms with Crippen LogP contribution < -0.4 is 5.32 Å². The van der Waals surface area contributed by atoms with Crippen LogP contribution in [0.2, 0.25) is 0 Å². The van der Waals surface area contributed by atoms with E-state index in [-0.39, 0.29) is 0 Å². The van der Waals surface area contributed by atoms with Gasteiger partial charge in [-0.25, -0.2) is 0 Å². The molecule has 2 fully saturated rings. The summed E-state index contributed by atoms with van der Waals surface area (Å²) < 4.78 is 0. The molecule has 0 amide bonds. The Morgan fingerprint density at radius 1 is 1.19 bits per heavy atom. The molecule has 0 aromatic carbocycles. The minimum Gasteiger partial charge on any atom is -0.312 e. The van der Waals surface area contributed by atoms with Gasteiger partial charge in [0.1, 0.15) is 0 Å². The number of nitrogens with zero attached hydrogens (tertiary/aromatic N) is 1. The largest absolute Gasteiger partial charge is 0.312 e. The van der Waals surface area contributed by atoms with Crippen molar-refractivity contribution in [3.63, 3.8) is 0 Å². The summed E-state index contributed by atoms with van der Waals surface area (Å²) in [5.74, 6) is 0. The fourth-order valence-corrected chi connectivity index (χ4v) is 3.30. The molecule has 1 saturated carbocycles. The molecular formula is C14H28N2. The fraction of sp³-hybridized carbons (Fsp3) is 1.00. The van der Waals surface area contributed by atoms with Crippen LogP contribution in [-0.4, -0.2) is 36.6 Å². The Kier molecular flexibility index (Phi) is 3.91. The SMILES string of the molecule is CC1CN(C2CCCC(C)(C)CC2)CCN1. The van der Waals surface area contributed by atoms with Gasteiger partial charge in [-0.05, 0) is 38.0 Å². The Balaban J connectivity index is 1.89. The zero-order chi connectivity index (χ0) is 11.6. The van der Waals surface area contributed by atoms with Crippen molar-refractivity contribution in [2.75, 3.05) is 19.6 Å². The summed E-state index contributed by atoms with van der Waals surface area (Å²) in [6, 6.07) is 1.55. The molecule has 2 aliphatic rings. The topological polar surface area (TPSA) is 15.3 Å². The second-order valence-electron chi connectivity index (χ2n) is 6.60. The molecule has 1 N–H and O–H groups in total. The first kappa shape index (κ1) is 12.4. The van der Waals surface area contributed by atoms with Crippen LogP contribution in [-0.2, 0) is 0 Å². The van der Waals surface area contributed by atoms with E-state index in [0.717, 1.165) is 6.04 Å². The summed E-state index contributed by atoms with van der Waals surface area (Å²) >= 11 is 0. The van der Waals surface area contributed by atoms with Crippen molar-refractivity contribution in [2.24, 2.45) is 5.41 Å². The molecule has 1 aliphatic carbocycles. The van der Waals surface area contributed by atoms with E-state index in [1.165, 1.54) is 51.7 Å². The summed E-state index contributed by atoms with van der Waals surface area (Å²) in [4.78, 5) is 2.74. The minimum atomic E-state index is 0.592. The van der Waals surface area contributed by atoms with Gasteiger partial charge in [0, 0.05) is 31.7 Å². The lowest BCUT2D eigenvalue weighted by atomic mass is 9.85. The minimum absolute atomic E-state index is 0.592. The van der Waals surface area contributed by atoms with E-state index in [9.17, 15) is 0 Å². The Morgan fingerprint density at radius 3 is 2.75 bits per heavy atom. The van der Waals surface area contributed by atoms with Crippen LogP contribution in [0.25, 0.3) is 0 Å². The third-order valence-electron chi connectivity index (χ3n) is 4.46. The number of rotatable bonds is 1. The van der Waals surface area contributed by atoms with Gasteiger partial charge in [-0.3, -0.25) is 4.90 Å². The van der Waals surface area contributed by atoms with E-state index in [1.54, 1.807) is 0 Å². The van der Waals surface area contributed by atoms with Gasteiger partial charge in [0.2, 0.25) is 0 Å². The second-order valence-corrected chi connectivity index (χ2v) is 6.60. The van der Waals surface area contributed by atoms with Crippen LogP contribution in [0.5, 0.6) is 0 Å². The van der Waals surface area contributed by atoms with Gasteiger partial charge in [-0.1, -0.05) is 20.3 Å². The standard InChI is InChI=1S/C14H28N2/c1-12-11-16(10-9-15-12)13-5-4-7-14(2,3)8-6-13/h12-13,15H,4-11H2,1-3H3. The van der Waals surface area contributed by atoms with Crippen LogP contribution in [0.3, 0.4) is 0 Å². The van der Waals surface area contributed by atoms with Crippen LogP contribution in [0.15, 0.2) is 0 Å². The van der Waals surface area contributed by atoms with Crippen LogP contribution in [0, 0.1) is 5.41 Å². The highest BCUT2D eigenvalue weighted by Gasteiger charge is 2.29. The Morgan fingerprint density at radius 2 is 2.00 bits per heavy atom. The lowest BCUT2D eigenvalue weighted by Crippen LogP contribution is -2.52. The van der Waals surface area contributed by atoms with Crippen molar-refractivity contribution >= 4 is 0 Å². The highest BCUT2D eigenvalue weighted by Crippen LogP contribution is 2.35. The highest BCUT2D eigenvalue weighted by molar-refractivity contribution is 4.85. The molecule has 1 aliphatic heterocycles. The Hall–Kier alpha value is -0.0800. The van der Waals surface area contributed by atoms with Gasteiger partial charge in [0.25, 0.3) is 0 Å². The van der Waals surface area contributed by atoms with Gasteiger partial charge >= 0.3 is 0 Å². The van der Waals surface area contributed by atoms with E-state index < -0.39 is 0 Å². The first-order valence-electron chi connectivity index (χ1n) is 7.04. The molecule has 0 bridgehead atoms. The van der Waals surface area contributed by atoms with Crippen molar-refractivity contribution in [3.05, 3.63) is 0 Å². The maximum Gasteiger partial charge on any atom is 0.0167 e. The van der Waals surface area contributed by atoms with Crippen molar-refractivity contribution < 1.29 is 0 Å². The molecular weight excluding hydrogens is 196 g/mol. The quantitative estimate of drug-likeness (QED) is 0.689. The van der Waals surface area contributed by atoms with Gasteiger partial charge in [0.15, 0.2) is 0 Å². The summed E-state index contributed by atoms with van der Waals surface area (Å²) in [7, 11) is 0. The molecule has 2 rings (SSSR count). The number of hydrogen-bond acceptors (Lipinski definition) is 2. The third kappa shape index (κ3) is 3.21. The fourth-order valence-electron chi connectivity index (χ4n) is 3.30. The smallest absolute Gasteiger partial charge is 0.0167 e. The molecule has 1 heterocycles. The third-order valence-corrected chi connectivity index (χ3v) is 4.46. The summed E-state index contributed by atoms with van der Waals surface area (Å²) in [6.45, 7) is 10.9. The molecule has 2 unspecified atom stereocenters. The van der Waals surface area contributed by atoms with E-state index in [4.69, 9.17) is 0 Å². The summed E-state index contributed by atoms with van der Waals surface area (Å²) in [6.07, 6.45) is 7.10. The predicted molar refractivity (Wildman–Crippen MR) is 69.7 cm³/mol. The number of piperazine rings is 1. The molecule has 2 atom stereocenters. The molecule has 94 valence electrons. The lowest BCUT2D eigenvalue weighted by Gasteiger charge is -2.37. The zero-order valence-electron chi connectivity index (χ0n) is 11.3. The molecule has 2 nitrogen and oxygen atoms in total. The lowest BCUT2D eigenvalue weighted by molar-refractivity contribution is 0.133. The van der Waals surface area contributed by atoms with E-state index >= 15 is 0 Å². The molecule has 16 heavy (non-hydrogen) atoms. The normalized spacial score (nSPS) is 36.9. The first-order chi connectivity index (χ1) is 7.57. The second kappa shape index (κ2) is 5.05. The van der Waals surface area contributed by atoms with Crippen LogP contribution in [0.1, 0.15) is 52.9 Å². The summed E-state index contributed by atoms with van der Waals surface area (Å²) in [5.41, 5.74) is 0.592. The maximum atomic E-state index is 3.54. The van der Waals surface area contributed by atoms with E-state index in [0.29, 0.717) is 11.5 Å². The van der Waals surface area contributed by atoms with Gasteiger partial charge in [-0.2, -0.15) is 0 Å². The number of nitrogens with one attached hydrogen (secondary N) is 1. The highest BCUT2D eigenvalue weighted by atomic mass is 15.2. The van der Waals surface area contributed by atoms with Crippen LogP contribution >= 0.6 is 0 Å². The first-order valence-corrected chi connectivity index (χ1v) is 7.04. The van der Waals surface area contributed by atoms with Crippen molar-refractivity contribution in [2.45, 2.75) is 65.0 Å². The molecule has 0 aromatic rings. The number of hydrogen-bond donors (Lipinski definition) is 1. The Bertz CT molecular complexity index is 225. The molecule has 0 aromatic heterocycles. The van der Waals surface area contributed by atoms with Crippen molar-refractivity contribution in [1.82, 2.24) is 10.2 Å². The van der Waals surface area contributed by atoms with Gasteiger partial charge in [0.05, 0.1) is 0 Å². The molecule has 0 radical (unpaired) electrons. The monoisotopic (exact) mass is 224 g/mol. The van der Waals surface area contributed by atoms with Gasteiger partial charge in [-0.15, -0.1) is 0 Å². The van der Waals surface area contributed by atoms with Gasteiger partial charge < -0.3 is 5.32 Å². The summed E-state index contributed by atoms with van der Waals surface area (Å²) in [5, 5.41) is 3.54. The van der Waals surface area contributed by atoms with E-state index in [1.807, 2.05) is 0 Å². The molecule has 2 heteroatoms. The van der Waals surface area contributed by atoms with Crippen LogP contribution in [0.4, 0.5) is 0 Å².